The summed E-state index contributed by atoms with van der Waals surface area (Å²) in [5, 5.41) is 9.19. The number of rotatable bonds is 6. The molecule has 0 spiro atoms. The van der Waals surface area contributed by atoms with Crippen molar-refractivity contribution in [1.82, 2.24) is 0 Å². The van der Waals surface area contributed by atoms with Crippen molar-refractivity contribution in [1.29, 1.82) is 0 Å². The summed E-state index contributed by atoms with van der Waals surface area (Å²) >= 11 is 0. The second-order valence-electron chi connectivity index (χ2n) is 6.59. The van der Waals surface area contributed by atoms with E-state index in [0.29, 0.717) is 19.4 Å². The number of nitrogens with two attached hydrogens (primary N) is 1. The van der Waals surface area contributed by atoms with Crippen molar-refractivity contribution in [2.75, 3.05) is 23.0 Å². The second-order valence-corrected chi connectivity index (χ2v) is 6.59. The zero-order valence-corrected chi connectivity index (χ0v) is 14.3. The third-order valence-corrected chi connectivity index (χ3v) is 4.50. The lowest BCUT2D eigenvalue weighted by Gasteiger charge is -2.39. The number of ether oxygens (including phenoxy) is 1. The van der Waals surface area contributed by atoms with Gasteiger partial charge < -0.3 is 21.1 Å². The quantitative estimate of drug-likeness (QED) is 0.550. The molecule has 24 heavy (non-hydrogen) atoms. The van der Waals surface area contributed by atoms with Gasteiger partial charge >= 0.3 is 5.97 Å². The first-order valence-corrected chi connectivity index (χ1v) is 8.55. The molecule has 128 valence electrons. The molecule has 2 aromatic carbocycles. The molecular formula is C19H25N3O2. The Balaban J connectivity index is 1.71. The fourth-order valence-electron chi connectivity index (χ4n) is 3.15. The van der Waals surface area contributed by atoms with E-state index in [0.717, 1.165) is 40.7 Å². The van der Waals surface area contributed by atoms with Gasteiger partial charge in [0.15, 0.2) is 0 Å². The summed E-state index contributed by atoms with van der Waals surface area (Å²) in [6.07, 6.45) is 3.05. The summed E-state index contributed by atoms with van der Waals surface area (Å²) in [4.78, 5) is 11.7. The molecule has 1 unspecified atom stereocenters. The molecule has 4 N–H and O–H groups in total. The van der Waals surface area contributed by atoms with E-state index >= 15 is 0 Å². The highest BCUT2D eigenvalue weighted by atomic mass is 16.5. The predicted octanol–water partition coefficient (Wildman–Crippen LogP) is 4.10. The third-order valence-electron chi connectivity index (χ3n) is 4.50. The lowest BCUT2D eigenvalue weighted by molar-refractivity contribution is -0.144. The van der Waals surface area contributed by atoms with Crippen LogP contribution in [0, 0.1) is 0 Å². The van der Waals surface area contributed by atoms with Crippen molar-refractivity contribution < 1.29 is 9.53 Å². The number of nitrogens with one attached hydrogen (secondary N) is 2. The Morgan fingerprint density at radius 1 is 1.21 bits per heavy atom. The molecule has 2 aromatic rings. The third kappa shape index (κ3) is 3.25. The molecule has 0 fully saturated rings. The van der Waals surface area contributed by atoms with Gasteiger partial charge in [0, 0.05) is 40.7 Å². The van der Waals surface area contributed by atoms with Gasteiger partial charge in [-0.2, -0.15) is 0 Å². The number of hydrogen-bond acceptors (Lipinski definition) is 5. The molecule has 1 heterocycles. The molecule has 5 nitrogen and oxygen atoms in total. The SMILES string of the molecule is CCCCC(=O)OCCC1(C)Nc2cccc3c(N)ccc(c23)N1. The highest BCUT2D eigenvalue weighted by Gasteiger charge is 2.30. The monoisotopic (exact) mass is 327 g/mol. The van der Waals surface area contributed by atoms with Gasteiger partial charge in [-0.3, -0.25) is 4.79 Å². The Bertz CT molecular complexity index is 745. The molecule has 0 aromatic heterocycles. The Morgan fingerprint density at radius 3 is 2.71 bits per heavy atom. The van der Waals surface area contributed by atoms with Gasteiger partial charge in [-0.25, -0.2) is 0 Å². The lowest BCUT2D eigenvalue weighted by atomic mass is 9.97. The number of nitrogen functional groups attached to an aromatic ring is 1. The molecule has 3 rings (SSSR count). The maximum absolute atomic E-state index is 11.7. The Kier molecular flexibility index (Phi) is 4.51. The lowest BCUT2D eigenvalue weighted by Crippen LogP contribution is -2.46. The van der Waals surface area contributed by atoms with Crippen molar-refractivity contribution in [2.45, 2.75) is 45.2 Å². The fraction of sp³-hybridized carbons (Fsp3) is 0.421. The first kappa shape index (κ1) is 16.4. The smallest absolute Gasteiger partial charge is 0.305 e. The topological polar surface area (TPSA) is 76.4 Å². The minimum Gasteiger partial charge on any atom is -0.466 e. The van der Waals surface area contributed by atoms with Crippen molar-refractivity contribution in [2.24, 2.45) is 0 Å². The number of anilines is 3. The molecule has 0 bridgehead atoms. The van der Waals surface area contributed by atoms with Gasteiger partial charge in [0.1, 0.15) is 5.66 Å². The summed E-state index contributed by atoms with van der Waals surface area (Å²) in [7, 11) is 0. The van der Waals surface area contributed by atoms with E-state index in [1.54, 1.807) is 0 Å². The number of carbonyl (C=O) groups is 1. The van der Waals surface area contributed by atoms with E-state index in [2.05, 4.69) is 30.5 Å². The van der Waals surface area contributed by atoms with Crippen LogP contribution in [-0.2, 0) is 9.53 Å². The second kappa shape index (κ2) is 6.59. The van der Waals surface area contributed by atoms with Crippen molar-refractivity contribution in [3.8, 4) is 0 Å². The molecule has 0 amide bonds. The number of esters is 1. The zero-order valence-electron chi connectivity index (χ0n) is 14.3. The van der Waals surface area contributed by atoms with Crippen LogP contribution in [0.5, 0.6) is 0 Å². The average Bonchev–Trinajstić information content (AvgIpc) is 2.56. The van der Waals surface area contributed by atoms with E-state index in [9.17, 15) is 4.79 Å². The summed E-state index contributed by atoms with van der Waals surface area (Å²) in [5.74, 6) is -0.119. The molecule has 0 saturated heterocycles. The molecule has 0 saturated carbocycles. The minimum atomic E-state index is -0.373. The van der Waals surface area contributed by atoms with Crippen molar-refractivity contribution >= 4 is 33.8 Å². The number of unbranched alkanes of at least 4 members (excludes halogenated alkanes) is 1. The maximum atomic E-state index is 11.7. The summed E-state index contributed by atoms with van der Waals surface area (Å²) in [5.41, 5.74) is 8.58. The molecule has 1 atom stereocenters. The van der Waals surface area contributed by atoms with Gasteiger partial charge in [-0.05, 0) is 31.5 Å². The van der Waals surface area contributed by atoms with E-state index in [1.807, 2.05) is 24.3 Å². The highest BCUT2D eigenvalue weighted by Crippen LogP contribution is 2.40. The van der Waals surface area contributed by atoms with Crippen LogP contribution < -0.4 is 16.4 Å². The van der Waals surface area contributed by atoms with Crippen LogP contribution in [0.3, 0.4) is 0 Å². The molecule has 5 heteroatoms. The zero-order chi connectivity index (χ0) is 17.2. The highest BCUT2D eigenvalue weighted by molar-refractivity contribution is 6.09. The van der Waals surface area contributed by atoms with Crippen LogP contribution in [0.2, 0.25) is 0 Å². The number of hydrogen-bond donors (Lipinski definition) is 3. The van der Waals surface area contributed by atoms with Gasteiger partial charge in [0.05, 0.1) is 6.61 Å². The van der Waals surface area contributed by atoms with Gasteiger partial charge in [0.2, 0.25) is 0 Å². The molecule has 1 aliphatic rings. The first-order valence-electron chi connectivity index (χ1n) is 8.55. The largest absolute Gasteiger partial charge is 0.466 e. The summed E-state index contributed by atoms with van der Waals surface area (Å²) < 4.78 is 5.35. The van der Waals surface area contributed by atoms with Gasteiger partial charge in [0.25, 0.3) is 0 Å². The van der Waals surface area contributed by atoms with Crippen molar-refractivity contribution in [3.63, 3.8) is 0 Å². The van der Waals surface area contributed by atoms with Crippen LogP contribution in [0.15, 0.2) is 30.3 Å². The molecule has 0 radical (unpaired) electrons. The maximum Gasteiger partial charge on any atom is 0.305 e. The first-order chi connectivity index (χ1) is 11.5. The predicted molar refractivity (Wildman–Crippen MR) is 99.1 cm³/mol. The number of benzene rings is 2. The van der Waals surface area contributed by atoms with Crippen LogP contribution >= 0.6 is 0 Å². The fourth-order valence-corrected chi connectivity index (χ4v) is 3.15. The standard InChI is InChI=1S/C19H25N3O2/c1-3-4-8-17(23)24-12-11-19(2)21-15-7-5-6-13-14(20)9-10-16(22-19)18(13)15/h5-7,9-10,21-22H,3-4,8,11-12,20H2,1-2H3. The van der Waals surface area contributed by atoms with E-state index < -0.39 is 0 Å². The molecule has 1 aliphatic heterocycles. The van der Waals surface area contributed by atoms with Crippen molar-refractivity contribution in [3.05, 3.63) is 30.3 Å². The minimum absolute atomic E-state index is 0.119. The summed E-state index contributed by atoms with van der Waals surface area (Å²) in [6, 6.07) is 10.0. The normalized spacial score (nSPS) is 18.8. The Labute approximate surface area is 142 Å². The van der Waals surface area contributed by atoms with Crippen LogP contribution in [0.25, 0.3) is 10.8 Å². The van der Waals surface area contributed by atoms with E-state index in [-0.39, 0.29) is 11.6 Å². The average molecular weight is 327 g/mol. The Hall–Kier alpha value is -2.43. The molecular weight excluding hydrogens is 302 g/mol. The summed E-state index contributed by atoms with van der Waals surface area (Å²) in [6.45, 7) is 4.53. The van der Waals surface area contributed by atoms with E-state index in [4.69, 9.17) is 10.5 Å². The number of carbonyl (C=O) groups excluding carboxylic acids is 1. The molecule has 0 aliphatic carbocycles. The van der Waals surface area contributed by atoms with Gasteiger partial charge in [-0.15, -0.1) is 0 Å². The van der Waals surface area contributed by atoms with Crippen LogP contribution in [0.4, 0.5) is 17.1 Å². The van der Waals surface area contributed by atoms with E-state index in [1.165, 1.54) is 0 Å². The van der Waals surface area contributed by atoms with Crippen LogP contribution in [-0.4, -0.2) is 18.2 Å². The Morgan fingerprint density at radius 2 is 1.96 bits per heavy atom. The van der Waals surface area contributed by atoms with Crippen LogP contribution in [0.1, 0.15) is 39.5 Å². The van der Waals surface area contributed by atoms with Gasteiger partial charge in [-0.1, -0.05) is 25.5 Å².